The van der Waals surface area contributed by atoms with Gasteiger partial charge in [-0.15, -0.1) is 0 Å². The number of benzene rings is 3. The van der Waals surface area contributed by atoms with Crippen LogP contribution in [-0.2, 0) is 13.5 Å². The second kappa shape index (κ2) is 7.55. The SMILES string of the molecule is Cc1ccc2c(oc3cc(F)ccc32)c1-c1c2ccc(CC(C)(C)C(F)(F)F)cc2cc[n+]1C. The predicted molar refractivity (Wildman–Crippen MR) is 126 cm³/mol. The predicted octanol–water partition coefficient (Wildman–Crippen LogP) is 7.81. The summed E-state index contributed by atoms with van der Waals surface area (Å²) in [5, 5.41) is 3.47. The van der Waals surface area contributed by atoms with E-state index in [-0.39, 0.29) is 12.2 Å². The van der Waals surface area contributed by atoms with Gasteiger partial charge in [0.05, 0.1) is 16.4 Å². The zero-order chi connectivity index (χ0) is 24.4. The lowest BCUT2D eigenvalue weighted by atomic mass is 9.84. The van der Waals surface area contributed by atoms with E-state index in [9.17, 15) is 17.6 Å². The zero-order valence-corrected chi connectivity index (χ0v) is 19.3. The van der Waals surface area contributed by atoms with Gasteiger partial charge in [0.2, 0.25) is 5.69 Å². The van der Waals surface area contributed by atoms with Crippen molar-refractivity contribution in [1.29, 1.82) is 0 Å². The van der Waals surface area contributed by atoms with Gasteiger partial charge in [0.25, 0.3) is 0 Å². The standard InChI is InChI=1S/C28H24F4NO/c1-16-5-8-22-21-10-7-19(29)14-23(21)34-26(22)24(16)25-20-9-6-17(13-18(20)11-12-33(25)4)15-27(2,3)28(30,31)32/h5-14H,15H2,1-4H3/q+1. The molecule has 0 fully saturated rings. The molecule has 2 aromatic heterocycles. The number of rotatable bonds is 3. The summed E-state index contributed by atoms with van der Waals surface area (Å²) in [5.74, 6) is -0.366. The molecule has 0 bridgehead atoms. The molecule has 0 aliphatic carbocycles. The van der Waals surface area contributed by atoms with Gasteiger partial charge >= 0.3 is 6.18 Å². The number of fused-ring (bicyclic) bond motifs is 4. The Hall–Kier alpha value is -3.41. The van der Waals surface area contributed by atoms with Crippen molar-refractivity contribution in [3.05, 3.63) is 77.7 Å². The third kappa shape index (κ3) is 3.52. The first-order valence-electron chi connectivity index (χ1n) is 11.1. The summed E-state index contributed by atoms with van der Waals surface area (Å²) in [6, 6.07) is 15.9. The molecule has 174 valence electrons. The van der Waals surface area contributed by atoms with E-state index >= 15 is 0 Å². The lowest BCUT2D eigenvalue weighted by molar-refractivity contribution is -0.659. The highest BCUT2D eigenvalue weighted by molar-refractivity contribution is 6.11. The van der Waals surface area contributed by atoms with Crippen LogP contribution in [0, 0.1) is 18.2 Å². The van der Waals surface area contributed by atoms with E-state index in [0.29, 0.717) is 16.7 Å². The Balaban J connectivity index is 1.74. The highest BCUT2D eigenvalue weighted by Gasteiger charge is 2.47. The van der Waals surface area contributed by atoms with Crippen LogP contribution in [0.4, 0.5) is 17.6 Å². The van der Waals surface area contributed by atoms with Gasteiger partial charge in [-0.1, -0.05) is 38.1 Å². The molecule has 6 heteroatoms. The van der Waals surface area contributed by atoms with E-state index in [1.54, 1.807) is 12.1 Å². The zero-order valence-electron chi connectivity index (χ0n) is 19.3. The third-order valence-corrected chi connectivity index (χ3v) is 6.66. The van der Waals surface area contributed by atoms with Gasteiger partial charge in [0.15, 0.2) is 6.20 Å². The summed E-state index contributed by atoms with van der Waals surface area (Å²) in [5.41, 5.74) is 2.69. The molecule has 5 aromatic rings. The van der Waals surface area contributed by atoms with Gasteiger partial charge in [-0.3, -0.25) is 0 Å². The molecule has 2 nitrogen and oxygen atoms in total. The molecule has 0 spiro atoms. The van der Waals surface area contributed by atoms with Crippen LogP contribution in [0.25, 0.3) is 44.0 Å². The van der Waals surface area contributed by atoms with Crippen LogP contribution in [0.3, 0.4) is 0 Å². The normalized spacial score (nSPS) is 12.8. The Labute approximate surface area is 194 Å². The van der Waals surface area contributed by atoms with Crippen molar-refractivity contribution in [1.82, 2.24) is 0 Å². The average Bonchev–Trinajstić information content (AvgIpc) is 3.11. The van der Waals surface area contributed by atoms with Crippen molar-refractivity contribution in [2.24, 2.45) is 12.5 Å². The summed E-state index contributed by atoms with van der Waals surface area (Å²) in [7, 11) is 1.93. The van der Waals surface area contributed by atoms with Gasteiger partial charge in [-0.2, -0.15) is 13.2 Å². The summed E-state index contributed by atoms with van der Waals surface area (Å²) >= 11 is 0. The van der Waals surface area contributed by atoms with E-state index in [1.807, 2.05) is 55.1 Å². The van der Waals surface area contributed by atoms with E-state index < -0.39 is 11.6 Å². The van der Waals surface area contributed by atoms with Crippen LogP contribution in [0.1, 0.15) is 25.0 Å². The van der Waals surface area contributed by atoms with Crippen LogP contribution in [0.15, 0.2) is 65.2 Å². The first-order chi connectivity index (χ1) is 16.0. The van der Waals surface area contributed by atoms with Crippen LogP contribution in [-0.4, -0.2) is 6.18 Å². The van der Waals surface area contributed by atoms with Crippen molar-refractivity contribution < 1.29 is 26.5 Å². The van der Waals surface area contributed by atoms with E-state index in [1.165, 1.54) is 26.0 Å². The number of halogens is 4. The van der Waals surface area contributed by atoms with Crippen LogP contribution >= 0.6 is 0 Å². The van der Waals surface area contributed by atoms with Crippen molar-refractivity contribution >= 4 is 32.7 Å². The first-order valence-corrected chi connectivity index (χ1v) is 11.1. The minimum atomic E-state index is -4.29. The molecule has 34 heavy (non-hydrogen) atoms. The lowest BCUT2D eigenvalue weighted by Gasteiger charge is -2.27. The van der Waals surface area contributed by atoms with Gasteiger partial charge in [-0.05, 0) is 48.1 Å². The monoisotopic (exact) mass is 466 g/mol. The molecule has 0 amide bonds. The summed E-state index contributed by atoms with van der Waals surface area (Å²) in [6.07, 6.45) is -2.49. The maximum absolute atomic E-state index is 13.8. The maximum atomic E-state index is 13.8. The number of aryl methyl sites for hydroxylation is 2. The van der Waals surface area contributed by atoms with E-state index in [4.69, 9.17) is 4.42 Å². The Bertz CT molecular complexity index is 1580. The fourth-order valence-corrected chi connectivity index (χ4v) is 4.66. The third-order valence-electron chi connectivity index (χ3n) is 6.66. The summed E-state index contributed by atoms with van der Waals surface area (Å²) < 4.78 is 62.3. The van der Waals surface area contributed by atoms with Crippen LogP contribution in [0.5, 0.6) is 0 Å². The van der Waals surface area contributed by atoms with Crippen molar-refractivity contribution in [2.45, 2.75) is 33.4 Å². The van der Waals surface area contributed by atoms with Gasteiger partial charge < -0.3 is 4.42 Å². The minimum absolute atomic E-state index is 0.105. The molecule has 5 rings (SSSR count). The highest BCUT2D eigenvalue weighted by Crippen LogP contribution is 2.42. The van der Waals surface area contributed by atoms with E-state index in [2.05, 4.69) is 0 Å². The van der Waals surface area contributed by atoms with Crippen molar-refractivity contribution in [3.8, 4) is 11.3 Å². The molecule has 2 heterocycles. The molecule has 0 aliphatic heterocycles. The van der Waals surface area contributed by atoms with Gasteiger partial charge in [0, 0.05) is 22.9 Å². The van der Waals surface area contributed by atoms with Crippen molar-refractivity contribution in [2.75, 3.05) is 0 Å². The van der Waals surface area contributed by atoms with Gasteiger partial charge in [-0.25, -0.2) is 8.96 Å². The van der Waals surface area contributed by atoms with Gasteiger partial charge in [0.1, 0.15) is 24.0 Å². The fraction of sp³-hybridized carbons (Fsp3) is 0.250. The largest absolute Gasteiger partial charge is 0.455 e. The Morgan fingerprint density at radius 3 is 2.32 bits per heavy atom. The molecule has 0 saturated carbocycles. The molecular formula is C28H24F4NO+. The maximum Gasteiger partial charge on any atom is 0.394 e. The molecule has 0 atom stereocenters. The number of pyridine rings is 1. The molecule has 0 unspecified atom stereocenters. The van der Waals surface area contributed by atoms with E-state index in [0.717, 1.165) is 38.4 Å². The Kier molecular flexibility index (Phi) is 4.97. The second-order valence-corrected chi connectivity index (χ2v) is 9.63. The fourth-order valence-electron chi connectivity index (χ4n) is 4.66. The molecule has 0 radical (unpaired) electrons. The summed E-state index contributed by atoms with van der Waals surface area (Å²) in [4.78, 5) is 0. The van der Waals surface area contributed by atoms with Crippen LogP contribution < -0.4 is 4.57 Å². The number of aromatic nitrogens is 1. The van der Waals surface area contributed by atoms with Crippen molar-refractivity contribution in [3.63, 3.8) is 0 Å². The first kappa shape index (κ1) is 22.4. The highest BCUT2D eigenvalue weighted by atomic mass is 19.4. The quantitative estimate of drug-likeness (QED) is 0.196. The number of nitrogens with zero attached hydrogens (tertiary/aromatic N) is 1. The Morgan fingerprint density at radius 1 is 0.882 bits per heavy atom. The smallest absolute Gasteiger partial charge is 0.394 e. The molecule has 0 saturated heterocycles. The number of hydrogen-bond donors (Lipinski definition) is 0. The average molecular weight is 466 g/mol. The number of hydrogen-bond acceptors (Lipinski definition) is 1. The molecule has 0 aliphatic rings. The minimum Gasteiger partial charge on any atom is -0.455 e. The second-order valence-electron chi connectivity index (χ2n) is 9.63. The molecule has 3 aromatic carbocycles. The topological polar surface area (TPSA) is 17.0 Å². The molecule has 0 N–H and O–H groups in total. The number of alkyl halides is 3. The Morgan fingerprint density at radius 2 is 1.59 bits per heavy atom. The lowest BCUT2D eigenvalue weighted by Crippen LogP contribution is -2.34. The number of furan rings is 1. The molecular weight excluding hydrogens is 442 g/mol. The van der Waals surface area contributed by atoms with Crippen LogP contribution in [0.2, 0.25) is 0 Å². The summed E-state index contributed by atoms with van der Waals surface area (Å²) in [6.45, 7) is 4.44.